The molecule has 2 aromatic rings. The molecule has 1 aliphatic rings. The van der Waals surface area contributed by atoms with Crippen molar-refractivity contribution in [1.82, 2.24) is 10.2 Å². The van der Waals surface area contributed by atoms with Crippen molar-refractivity contribution in [3.8, 4) is 0 Å². The van der Waals surface area contributed by atoms with Crippen LogP contribution in [0.4, 0.5) is 10.5 Å². The molecule has 3 rings (SSSR count). The van der Waals surface area contributed by atoms with Gasteiger partial charge >= 0.3 is 6.03 Å². The van der Waals surface area contributed by atoms with Gasteiger partial charge in [-0.05, 0) is 48.1 Å². The zero-order valence-electron chi connectivity index (χ0n) is 14.1. The summed E-state index contributed by atoms with van der Waals surface area (Å²) in [6.45, 7) is 4.61. The highest BCUT2D eigenvalue weighted by Gasteiger charge is 2.20. The van der Waals surface area contributed by atoms with E-state index in [-0.39, 0.29) is 18.0 Å². The monoisotopic (exact) mass is 343 g/mol. The minimum Gasteiger partial charge on any atom is -0.331 e. The predicted octanol–water partition coefficient (Wildman–Crippen LogP) is 3.45. The van der Waals surface area contributed by atoms with Crippen molar-refractivity contribution in [2.75, 3.05) is 12.4 Å². The van der Waals surface area contributed by atoms with E-state index in [4.69, 9.17) is 0 Å². The third kappa shape index (κ3) is 3.43. The zero-order chi connectivity index (χ0) is 17.3. The molecule has 0 saturated heterocycles. The number of fused-ring (bicyclic) bond motifs is 1. The summed E-state index contributed by atoms with van der Waals surface area (Å²) < 4.78 is 0. The van der Waals surface area contributed by atoms with Crippen LogP contribution in [0.1, 0.15) is 34.5 Å². The second-order valence-electron chi connectivity index (χ2n) is 6.20. The Morgan fingerprint density at radius 1 is 1.42 bits per heavy atom. The highest BCUT2D eigenvalue weighted by Crippen LogP contribution is 2.26. The van der Waals surface area contributed by atoms with Gasteiger partial charge in [-0.15, -0.1) is 11.3 Å². The number of carbonyl (C=O) groups excluding carboxylic acids is 2. The maximum atomic E-state index is 12.4. The molecule has 6 heteroatoms. The summed E-state index contributed by atoms with van der Waals surface area (Å²) in [5.41, 5.74) is 4.07. The number of hydrogen-bond acceptors (Lipinski definition) is 3. The number of thiophene rings is 1. The van der Waals surface area contributed by atoms with Gasteiger partial charge < -0.3 is 15.5 Å². The fraction of sp³-hybridized carbons (Fsp3) is 0.333. The number of aryl methyl sites for hydroxylation is 1. The molecule has 1 aromatic carbocycles. The third-order valence-corrected chi connectivity index (χ3v) is 5.30. The first-order valence-corrected chi connectivity index (χ1v) is 8.79. The van der Waals surface area contributed by atoms with Crippen molar-refractivity contribution in [2.45, 2.75) is 32.9 Å². The van der Waals surface area contributed by atoms with Crippen molar-refractivity contribution in [3.63, 3.8) is 0 Å². The average Bonchev–Trinajstić information content (AvgIpc) is 3.11. The number of nitrogens with zero attached hydrogens (tertiary/aromatic N) is 1. The number of amides is 3. The van der Waals surface area contributed by atoms with E-state index in [1.807, 2.05) is 30.5 Å². The molecule has 1 atom stereocenters. The lowest BCUT2D eigenvalue weighted by atomic mass is 10.0. The third-order valence-electron chi connectivity index (χ3n) is 4.29. The van der Waals surface area contributed by atoms with Gasteiger partial charge in [0.1, 0.15) is 0 Å². The Morgan fingerprint density at radius 2 is 2.21 bits per heavy atom. The molecular weight excluding hydrogens is 322 g/mol. The lowest BCUT2D eigenvalue weighted by molar-refractivity contribution is -0.115. The van der Waals surface area contributed by atoms with Crippen LogP contribution in [0.5, 0.6) is 0 Å². The second-order valence-corrected chi connectivity index (χ2v) is 7.20. The molecule has 0 radical (unpaired) electrons. The van der Waals surface area contributed by atoms with Crippen molar-refractivity contribution in [1.29, 1.82) is 0 Å². The van der Waals surface area contributed by atoms with Gasteiger partial charge in [-0.25, -0.2) is 4.79 Å². The Balaban J connectivity index is 1.63. The van der Waals surface area contributed by atoms with Gasteiger partial charge in [0, 0.05) is 17.6 Å². The Hall–Kier alpha value is -2.34. The normalized spacial score (nSPS) is 14.0. The van der Waals surface area contributed by atoms with Crippen LogP contribution in [0, 0.1) is 6.92 Å². The first-order chi connectivity index (χ1) is 11.4. The Bertz CT molecular complexity index is 784. The summed E-state index contributed by atoms with van der Waals surface area (Å²) in [7, 11) is 1.80. The summed E-state index contributed by atoms with van der Waals surface area (Å²) >= 11 is 1.66. The van der Waals surface area contributed by atoms with Crippen molar-refractivity contribution in [3.05, 3.63) is 51.2 Å². The van der Waals surface area contributed by atoms with Gasteiger partial charge in [0.15, 0.2) is 0 Å². The molecule has 24 heavy (non-hydrogen) atoms. The standard InChI is InChI=1S/C18H21N3O2S/c1-11-6-7-24-16(11)10-21(3)18(23)19-12(2)13-4-5-15-14(8-13)9-17(22)20-15/h4-8,12H,9-10H2,1-3H3,(H,19,23)(H,20,22)/t12-/m1/s1. The molecule has 0 spiro atoms. The van der Waals surface area contributed by atoms with E-state index in [2.05, 4.69) is 23.6 Å². The molecule has 126 valence electrons. The maximum absolute atomic E-state index is 12.4. The van der Waals surface area contributed by atoms with E-state index in [0.29, 0.717) is 13.0 Å². The van der Waals surface area contributed by atoms with E-state index in [9.17, 15) is 9.59 Å². The molecule has 1 aromatic heterocycles. The number of rotatable bonds is 4. The van der Waals surface area contributed by atoms with Crippen molar-refractivity contribution in [2.24, 2.45) is 0 Å². The quantitative estimate of drug-likeness (QED) is 0.893. The van der Waals surface area contributed by atoms with Crippen LogP contribution >= 0.6 is 11.3 Å². The van der Waals surface area contributed by atoms with Gasteiger partial charge in [-0.1, -0.05) is 12.1 Å². The molecule has 0 aliphatic carbocycles. The SMILES string of the molecule is Cc1ccsc1CN(C)C(=O)N[C@H](C)c1ccc2c(c1)CC(=O)N2. The smallest absolute Gasteiger partial charge is 0.317 e. The van der Waals surface area contributed by atoms with Crippen LogP contribution in [0.15, 0.2) is 29.6 Å². The molecule has 0 saturated carbocycles. The fourth-order valence-electron chi connectivity index (χ4n) is 2.75. The molecule has 1 aliphatic heterocycles. The van der Waals surface area contributed by atoms with Gasteiger partial charge in [0.05, 0.1) is 19.0 Å². The number of urea groups is 1. The highest BCUT2D eigenvalue weighted by molar-refractivity contribution is 7.10. The first kappa shape index (κ1) is 16.5. The zero-order valence-corrected chi connectivity index (χ0v) is 14.9. The number of hydrogen-bond donors (Lipinski definition) is 2. The fourth-order valence-corrected chi connectivity index (χ4v) is 3.71. The van der Waals surface area contributed by atoms with E-state index in [1.165, 1.54) is 10.4 Å². The van der Waals surface area contributed by atoms with Crippen LogP contribution in [-0.4, -0.2) is 23.9 Å². The van der Waals surface area contributed by atoms with Crippen molar-refractivity contribution >= 4 is 29.0 Å². The molecule has 5 nitrogen and oxygen atoms in total. The van der Waals surface area contributed by atoms with Gasteiger partial charge in [-0.2, -0.15) is 0 Å². The van der Waals surface area contributed by atoms with E-state index in [0.717, 1.165) is 16.8 Å². The Labute approximate surface area is 145 Å². The molecule has 3 amide bonds. The number of benzene rings is 1. The Morgan fingerprint density at radius 3 is 2.92 bits per heavy atom. The largest absolute Gasteiger partial charge is 0.331 e. The van der Waals surface area contributed by atoms with Gasteiger partial charge in [0.25, 0.3) is 0 Å². The van der Waals surface area contributed by atoms with E-state index < -0.39 is 0 Å². The summed E-state index contributed by atoms with van der Waals surface area (Å²) in [6, 6.07) is 7.67. The molecule has 0 bridgehead atoms. The number of nitrogens with one attached hydrogen (secondary N) is 2. The maximum Gasteiger partial charge on any atom is 0.317 e. The molecular formula is C18H21N3O2S. The molecule has 2 N–H and O–H groups in total. The van der Waals surface area contributed by atoms with Gasteiger partial charge in [-0.3, -0.25) is 4.79 Å². The lowest BCUT2D eigenvalue weighted by Gasteiger charge is -2.22. The highest BCUT2D eigenvalue weighted by atomic mass is 32.1. The van der Waals surface area contributed by atoms with Crippen LogP contribution in [-0.2, 0) is 17.8 Å². The minimum absolute atomic E-state index is 0.0184. The Kier molecular flexibility index (Phi) is 4.57. The lowest BCUT2D eigenvalue weighted by Crippen LogP contribution is -2.38. The summed E-state index contributed by atoms with van der Waals surface area (Å²) in [6.07, 6.45) is 0.404. The minimum atomic E-state index is -0.120. The van der Waals surface area contributed by atoms with Crippen molar-refractivity contribution < 1.29 is 9.59 Å². The van der Waals surface area contributed by atoms with Gasteiger partial charge in [0.2, 0.25) is 5.91 Å². The van der Waals surface area contributed by atoms with Crippen LogP contribution in [0.25, 0.3) is 0 Å². The summed E-state index contributed by atoms with van der Waals surface area (Å²) in [5, 5.41) is 7.88. The molecule has 0 fully saturated rings. The van der Waals surface area contributed by atoms with Crippen LogP contribution in [0.2, 0.25) is 0 Å². The van der Waals surface area contributed by atoms with E-state index >= 15 is 0 Å². The first-order valence-electron chi connectivity index (χ1n) is 7.91. The average molecular weight is 343 g/mol. The molecule has 2 heterocycles. The number of anilines is 1. The number of carbonyl (C=O) groups is 2. The summed E-state index contributed by atoms with van der Waals surface area (Å²) in [4.78, 5) is 26.7. The summed E-state index contributed by atoms with van der Waals surface area (Å²) in [5.74, 6) is 0.0184. The van der Waals surface area contributed by atoms with Crippen LogP contribution < -0.4 is 10.6 Å². The van der Waals surface area contributed by atoms with Crippen LogP contribution in [0.3, 0.4) is 0 Å². The van der Waals surface area contributed by atoms with E-state index in [1.54, 1.807) is 23.3 Å². The predicted molar refractivity (Wildman–Crippen MR) is 96.2 cm³/mol. The topological polar surface area (TPSA) is 61.4 Å². The molecule has 0 unspecified atom stereocenters. The second kappa shape index (κ2) is 6.65.